The molecule has 4 rings (SSSR count). The lowest BCUT2D eigenvalue weighted by molar-refractivity contribution is 0.0707. The molecule has 1 fully saturated rings. The van der Waals surface area contributed by atoms with E-state index >= 15 is 4.39 Å². The smallest absolute Gasteiger partial charge is 0.253 e. The SMILES string of the molecule is CCc1cccc(-c2c(F)cccc2/C(=C\CCCOC)C2CCN(C(=O)c3cccc(CN)c3)CC2)c1. The second-order valence-electron chi connectivity index (χ2n) is 9.98. The molecule has 0 radical (unpaired) electrons. The average molecular weight is 515 g/mol. The Morgan fingerprint density at radius 1 is 1.05 bits per heavy atom. The zero-order valence-corrected chi connectivity index (χ0v) is 22.6. The van der Waals surface area contributed by atoms with E-state index in [-0.39, 0.29) is 17.6 Å². The standard InChI is InChI=1S/C33H39FN2O2/c1-3-24-9-6-11-27(21-24)32-30(14-8-15-31(32)34)29(13-4-5-20-38-2)26-16-18-36(19-17-26)33(37)28-12-7-10-25(22-28)23-35/h6-15,21-22,26H,3-5,16-20,23,35H2,1-2H3/b29-13-. The summed E-state index contributed by atoms with van der Waals surface area (Å²) in [7, 11) is 1.71. The molecule has 1 aliphatic heterocycles. The monoisotopic (exact) mass is 514 g/mol. The van der Waals surface area contributed by atoms with E-state index in [0.717, 1.165) is 48.8 Å². The van der Waals surface area contributed by atoms with Crippen LogP contribution in [-0.2, 0) is 17.7 Å². The van der Waals surface area contributed by atoms with Gasteiger partial charge in [0.15, 0.2) is 0 Å². The van der Waals surface area contributed by atoms with Crippen molar-refractivity contribution in [2.45, 2.75) is 45.6 Å². The number of benzene rings is 3. The average Bonchev–Trinajstić information content (AvgIpc) is 2.97. The summed E-state index contributed by atoms with van der Waals surface area (Å²) < 4.78 is 20.7. The highest BCUT2D eigenvalue weighted by atomic mass is 19.1. The molecular weight excluding hydrogens is 475 g/mol. The number of piperidine rings is 1. The third-order valence-electron chi connectivity index (χ3n) is 7.50. The maximum Gasteiger partial charge on any atom is 0.253 e. The first-order valence-electron chi connectivity index (χ1n) is 13.7. The molecule has 0 bridgehead atoms. The molecule has 4 nitrogen and oxygen atoms in total. The first kappa shape index (κ1) is 27.7. The number of allylic oxidation sites excluding steroid dienone is 2. The van der Waals surface area contributed by atoms with Gasteiger partial charge >= 0.3 is 0 Å². The third kappa shape index (κ3) is 6.58. The van der Waals surface area contributed by atoms with Gasteiger partial charge in [-0.1, -0.05) is 61.5 Å². The summed E-state index contributed by atoms with van der Waals surface area (Å²) in [5.41, 5.74) is 12.3. The van der Waals surface area contributed by atoms with Gasteiger partial charge < -0.3 is 15.4 Å². The molecule has 5 heteroatoms. The van der Waals surface area contributed by atoms with Gasteiger partial charge in [-0.25, -0.2) is 4.39 Å². The van der Waals surface area contributed by atoms with E-state index in [1.54, 1.807) is 13.2 Å². The van der Waals surface area contributed by atoms with E-state index in [9.17, 15) is 4.79 Å². The summed E-state index contributed by atoms with van der Waals surface area (Å²) in [4.78, 5) is 15.1. The molecule has 3 aromatic rings. The number of aryl methyl sites for hydroxylation is 1. The number of methoxy groups -OCH3 is 1. The van der Waals surface area contributed by atoms with E-state index in [2.05, 4.69) is 31.2 Å². The normalized spacial score (nSPS) is 14.6. The fraction of sp³-hybridized carbons (Fsp3) is 0.364. The molecule has 3 aromatic carbocycles. The van der Waals surface area contributed by atoms with Gasteiger partial charge in [-0.2, -0.15) is 0 Å². The molecule has 0 spiro atoms. The lowest BCUT2D eigenvalue weighted by atomic mass is 9.81. The summed E-state index contributed by atoms with van der Waals surface area (Å²) in [6.45, 7) is 4.55. The van der Waals surface area contributed by atoms with Crippen LogP contribution in [0.2, 0.25) is 0 Å². The van der Waals surface area contributed by atoms with Crippen LogP contribution in [-0.4, -0.2) is 37.6 Å². The highest BCUT2D eigenvalue weighted by molar-refractivity contribution is 5.94. The van der Waals surface area contributed by atoms with E-state index in [0.29, 0.717) is 37.4 Å². The third-order valence-corrected chi connectivity index (χ3v) is 7.50. The van der Waals surface area contributed by atoms with Crippen LogP contribution in [0.5, 0.6) is 0 Å². The number of nitrogens with two attached hydrogens (primary N) is 1. The first-order valence-corrected chi connectivity index (χ1v) is 13.7. The van der Waals surface area contributed by atoms with Gasteiger partial charge in [-0.3, -0.25) is 4.79 Å². The van der Waals surface area contributed by atoms with Gasteiger partial charge in [0.05, 0.1) is 0 Å². The quantitative estimate of drug-likeness (QED) is 0.300. The van der Waals surface area contributed by atoms with Gasteiger partial charge in [-0.15, -0.1) is 0 Å². The van der Waals surface area contributed by atoms with Crippen LogP contribution in [0.25, 0.3) is 16.7 Å². The predicted octanol–water partition coefficient (Wildman–Crippen LogP) is 6.88. The van der Waals surface area contributed by atoms with Crippen LogP contribution in [0.1, 0.15) is 59.7 Å². The number of hydrogen-bond donors (Lipinski definition) is 1. The number of nitrogens with zero attached hydrogens (tertiary/aromatic N) is 1. The minimum Gasteiger partial charge on any atom is -0.385 e. The Bertz CT molecular complexity index is 1260. The number of amides is 1. The summed E-state index contributed by atoms with van der Waals surface area (Å²) in [5.74, 6) is 0.0880. The number of halogens is 1. The second-order valence-corrected chi connectivity index (χ2v) is 9.98. The van der Waals surface area contributed by atoms with Crippen molar-refractivity contribution in [2.75, 3.05) is 26.8 Å². The van der Waals surface area contributed by atoms with Crippen LogP contribution < -0.4 is 5.73 Å². The van der Waals surface area contributed by atoms with Crippen LogP contribution >= 0.6 is 0 Å². The Morgan fingerprint density at radius 2 is 1.79 bits per heavy atom. The number of carbonyl (C=O) groups excluding carboxylic acids is 1. The number of carbonyl (C=O) groups is 1. The zero-order valence-electron chi connectivity index (χ0n) is 22.6. The van der Waals surface area contributed by atoms with Crippen LogP contribution in [0.15, 0.2) is 72.8 Å². The number of unbranched alkanes of at least 4 members (excludes halogenated alkanes) is 1. The van der Waals surface area contributed by atoms with Crippen molar-refractivity contribution in [3.8, 4) is 11.1 Å². The summed E-state index contributed by atoms with van der Waals surface area (Å²) in [6, 6.07) is 21.2. The van der Waals surface area contributed by atoms with E-state index in [1.165, 1.54) is 11.1 Å². The Hall–Kier alpha value is -3.28. The number of rotatable bonds is 10. The molecule has 0 unspecified atom stereocenters. The van der Waals surface area contributed by atoms with Gasteiger partial charge in [-0.05, 0) is 84.0 Å². The van der Waals surface area contributed by atoms with Gasteiger partial charge in [0.1, 0.15) is 5.82 Å². The summed E-state index contributed by atoms with van der Waals surface area (Å²) in [5, 5.41) is 0. The van der Waals surface area contributed by atoms with E-state index in [1.807, 2.05) is 47.4 Å². The number of likely N-dealkylation sites (tertiary alicyclic amines) is 1. The molecule has 38 heavy (non-hydrogen) atoms. The lowest BCUT2D eigenvalue weighted by Gasteiger charge is -2.34. The first-order chi connectivity index (χ1) is 18.5. The molecular formula is C33H39FN2O2. The summed E-state index contributed by atoms with van der Waals surface area (Å²) in [6.07, 6.45) is 6.61. The highest BCUT2D eigenvalue weighted by Gasteiger charge is 2.28. The Morgan fingerprint density at radius 3 is 2.53 bits per heavy atom. The molecule has 0 aliphatic carbocycles. The van der Waals surface area contributed by atoms with Crippen molar-refractivity contribution in [1.29, 1.82) is 0 Å². The highest BCUT2D eigenvalue weighted by Crippen LogP contribution is 2.39. The van der Waals surface area contributed by atoms with Crippen LogP contribution in [0.4, 0.5) is 4.39 Å². The zero-order chi connectivity index (χ0) is 26.9. The summed E-state index contributed by atoms with van der Waals surface area (Å²) >= 11 is 0. The van der Waals surface area contributed by atoms with Gasteiger partial charge in [0.2, 0.25) is 0 Å². The van der Waals surface area contributed by atoms with Gasteiger partial charge in [0.25, 0.3) is 5.91 Å². The Kier molecular flexibility index (Phi) is 9.85. The van der Waals surface area contributed by atoms with Crippen molar-refractivity contribution in [2.24, 2.45) is 11.7 Å². The van der Waals surface area contributed by atoms with Crippen molar-refractivity contribution in [1.82, 2.24) is 4.90 Å². The molecule has 0 aromatic heterocycles. The van der Waals surface area contributed by atoms with E-state index in [4.69, 9.17) is 10.5 Å². The molecule has 0 atom stereocenters. The largest absolute Gasteiger partial charge is 0.385 e. The molecule has 2 N–H and O–H groups in total. The Labute approximate surface area is 226 Å². The number of ether oxygens (including phenoxy) is 1. The maximum atomic E-state index is 15.5. The van der Waals surface area contributed by atoms with Crippen molar-refractivity contribution < 1.29 is 13.9 Å². The molecule has 0 saturated carbocycles. The van der Waals surface area contributed by atoms with E-state index < -0.39 is 0 Å². The lowest BCUT2D eigenvalue weighted by Crippen LogP contribution is -2.38. The van der Waals surface area contributed by atoms with Crippen LogP contribution in [0, 0.1) is 11.7 Å². The molecule has 1 saturated heterocycles. The fourth-order valence-corrected chi connectivity index (χ4v) is 5.39. The minimum absolute atomic E-state index is 0.0483. The van der Waals surface area contributed by atoms with Crippen molar-refractivity contribution >= 4 is 11.5 Å². The molecule has 1 aliphatic rings. The van der Waals surface area contributed by atoms with Crippen molar-refractivity contribution in [3.05, 3.63) is 101 Å². The van der Waals surface area contributed by atoms with Crippen LogP contribution in [0.3, 0.4) is 0 Å². The maximum absolute atomic E-state index is 15.5. The van der Waals surface area contributed by atoms with Gasteiger partial charge in [0, 0.05) is 44.5 Å². The molecule has 200 valence electrons. The predicted molar refractivity (Wildman–Crippen MR) is 153 cm³/mol. The molecule has 1 heterocycles. The topological polar surface area (TPSA) is 55.6 Å². The number of hydrogen-bond acceptors (Lipinski definition) is 3. The molecule has 1 amide bonds. The van der Waals surface area contributed by atoms with Crippen molar-refractivity contribution in [3.63, 3.8) is 0 Å². The Balaban J connectivity index is 1.61. The fourth-order valence-electron chi connectivity index (χ4n) is 5.39. The second kappa shape index (κ2) is 13.5. The minimum atomic E-state index is -0.203.